The molecule has 14 heavy (non-hydrogen) atoms. The molecule has 0 nitrogen and oxygen atoms in total. The van der Waals surface area contributed by atoms with E-state index in [-0.39, 0.29) is 0 Å². The Hall–Kier alpha value is 0.519. The molecule has 1 aliphatic rings. The van der Waals surface area contributed by atoms with Crippen LogP contribution in [0, 0.1) is 5.92 Å². The van der Waals surface area contributed by atoms with Gasteiger partial charge in [-0.3, -0.25) is 0 Å². The molecule has 1 unspecified atom stereocenters. The number of hydrogen-bond acceptors (Lipinski definition) is 0. The SMILES string of the molecule is CCCCCCCCCC1CC[Se]C1. The van der Waals surface area contributed by atoms with Gasteiger partial charge < -0.3 is 0 Å². The second-order valence-electron chi connectivity index (χ2n) is 4.64. The fourth-order valence-corrected chi connectivity index (χ4v) is 5.00. The second-order valence-corrected chi connectivity index (χ2v) is 7.05. The van der Waals surface area contributed by atoms with E-state index in [0.29, 0.717) is 0 Å². The molecule has 0 saturated carbocycles. The Kier molecular flexibility index (Phi) is 7.91. The average Bonchev–Trinajstić information content (AvgIpc) is 2.69. The first-order valence-electron chi connectivity index (χ1n) is 6.51. The molecule has 1 fully saturated rings. The zero-order chi connectivity index (χ0) is 10.1. The van der Waals surface area contributed by atoms with Gasteiger partial charge in [-0.25, -0.2) is 0 Å². The van der Waals surface area contributed by atoms with Crippen LogP contribution in [0.5, 0.6) is 0 Å². The van der Waals surface area contributed by atoms with E-state index in [0.717, 1.165) is 20.9 Å². The fourth-order valence-electron chi connectivity index (χ4n) is 2.20. The molecule has 0 spiro atoms. The molecule has 0 aromatic heterocycles. The molecule has 1 saturated heterocycles. The minimum atomic E-state index is 1.03. The summed E-state index contributed by atoms with van der Waals surface area (Å²) in [5.41, 5.74) is 0. The molecule has 1 rings (SSSR count). The van der Waals surface area contributed by atoms with Gasteiger partial charge in [-0.05, 0) is 0 Å². The van der Waals surface area contributed by atoms with Gasteiger partial charge in [0, 0.05) is 0 Å². The van der Waals surface area contributed by atoms with Crippen molar-refractivity contribution < 1.29 is 0 Å². The summed E-state index contributed by atoms with van der Waals surface area (Å²) in [6.45, 7) is 2.29. The first kappa shape index (κ1) is 12.6. The molecule has 84 valence electrons. The molecule has 0 aromatic carbocycles. The van der Waals surface area contributed by atoms with Crippen molar-refractivity contribution in [3.8, 4) is 0 Å². The number of hydrogen-bond donors (Lipinski definition) is 0. The first-order valence-corrected chi connectivity index (χ1v) is 8.93. The van der Waals surface area contributed by atoms with E-state index < -0.39 is 0 Å². The van der Waals surface area contributed by atoms with Gasteiger partial charge in [0.15, 0.2) is 0 Å². The molecule has 0 aliphatic carbocycles. The number of rotatable bonds is 8. The first-order chi connectivity index (χ1) is 6.93. The predicted molar refractivity (Wildman–Crippen MR) is 66.1 cm³/mol. The van der Waals surface area contributed by atoms with Gasteiger partial charge in [0.2, 0.25) is 0 Å². The van der Waals surface area contributed by atoms with Crippen LogP contribution in [0.3, 0.4) is 0 Å². The van der Waals surface area contributed by atoms with Crippen LogP contribution in [0.4, 0.5) is 0 Å². The van der Waals surface area contributed by atoms with Gasteiger partial charge in [0.05, 0.1) is 0 Å². The summed E-state index contributed by atoms with van der Waals surface area (Å²) in [6.07, 6.45) is 13.4. The Morgan fingerprint density at radius 1 is 1.00 bits per heavy atom. The van der Waals surface area contributed by atoms with Crippen LogP contribution in [-0.4, -0.2) is 15.0 Å². The van der Waals surface area contributed by atoms with E-state index in [2.05, 4.69) is 6.92 Å². The van der Waals surface area contributed by atoms with E-state index in [9.17, 15) is 0 Å². The number of unbranched alkanes of at least 4 members (excludes halogenated alkanes) is 6. The van der Waals surface area contributed by atoms with Gasteiger partial charge in [-0.15, -0.1) is 0 Å². The summed E-state index contributed by atoms with van der Waals surface area (Å²) in [5.74, 6) is 1.14. The van der Waals surface area contributed by atoms with Crippen molar-refractivity contribution in [1.29, 1.82) is 0 Å². The predicted octanol–water partition coefficient (Wildman–Crippen LogP) is 4.69. The third-order valence-electron chi connectivity index (χ3n) is 3.24. The Morgan fingerprint density at radius 2 is 1.71 bits per heavy atom. The van der Waals surface area contributed by atoms with Crippen molar-refractivity contribution in [3.05, 3.63) is 0 Å². The third-order valence-corrected chi connectivity index (χ3v) is 5.82. The molecule has 0 N–H and O–H groups in total. The van der Waals surface area contributed by atoms with E-state index in [1.54, 1.807) is 23.5 Å². The standard InChI is InChI=1S/C13H26Se/c1-2-3-4-5-6-7-8-9-13-10-11-14-12-13/h13H,2-12H2,1H3. The van der Waals surface area contributed by atoms with Crippen LogP contribution >= 0.6 is 0 Å². The van der Waals surface area contributed by atoms with Crippen LogP contribution in [0.1, 0.15) is 64.7 Å². The van der Waals surface area contributed by atoms with Crippen LogP contribution in [-0.2, 0) is 0 Å². The molecule has 0 bridgehead atoms. The average molecular weight is 261 g/mol. The van der Waals surface area contributed by atoms with Crippen LogP contribution in [0.15, 0.2) is 0 Å². The van der Waals surface area contributed by atoms with Gasteiger partial charge in [0.1, 0.15) is 0 Å². The zero-order valence-electron chi connectivity index (χ0n) is 9.76. The van der Waals surface area contributed by atoms with Crippen LogP contribution in [0.2, 0.25) is 10.6 Å². The Labute approximate surface area is 96.4 Å². The second kappa shape index (κ2) is 8.80. The van der Waals surface area contributed by atoms with Crippen molar-refractivity contribution >= 4 is 15.0 Å². The minimum absolute atomic E-state index is 1.03. The van der Waals surface area contributed by atoms with Gasteiger partial charge >= 0.3 is 96.2 Å². The molecule has 1 aliphatic heterocycles. The maximum absolute atomic E-state index is 2.29. The van der Waals surface area contributed by atoms with Crippen molar-refractivity contribution in [2.24, 2.45) is 5.92 Å². The van der Waals surface area contributed by atoms with Crippen molar-refractivity contribution in [3.63, 3.8) is 0 Å². The summed E-state index contributed by atoms with van der Waals surface area (Å²) in [6, 6.07) is 0. The van der Waals surface area contributed by atoms with E-state index >= 15 is 0 Å². The van der Waals surface area contributed by atoms with Gasteiger partial charge in [-0.2, -0.15) is 0 Å². The summed E-state index contributed by atoms with van der Waals surface area (Å²) < 4.78 is 0. The topological polar surface area (TPSA) is 0 Å². The monoisotopic (exact) mass is 262 g/mol. The molecular formula is C13H26Se. The summed E-state index contributed by atoms with van der Waals surface area (Å²) in [7, 11) is 0. The van der Waals surface area contributed by atoms with Gasteiger partial charge in [-0.1, -0.05) is 0 Å². The summed E-state index contributed by atoms with van der Waals surface area (Å²) in [4.78, 5) is 0. The molecule has 1 heteroatoms. The van der Waals surface area contributed by atoms with Gasteiger partial charge in [0.25, 0.3) is 0 Å². The van der Waals surface area contributed by atoms with Crippen LogP contribution in [0.25, 0.3) is 0 Å². The molecule has 0 radical (unpaired) electrons. The molecule has 0 amide bonds. The molecular weight excluding hydrogens is 235 g/mol. The van der Waals surface area contributed by atoms with E-state index in [1.807, 2.05) is 0 Å². The van der Waals surface area contributed by atoms with Crippen molar-refractivity contribution in [2.45, 2.75) is 75.3 Å². The normalized spacial score (nSPS) is 21.6. The summed E-state index contributed by atoms with van der Waals surface area (Å²) in [5, 5.41) is 3.18. The van der Waals surface area contributed by atoms with E-state index in [4.69, 9.17) is 0 Å². The van der Waals surface area contributed by atoms with E-state index in [1.165, 1.54) is 44.9 Å². The summed E-state index contributed by atoms with van der Waals surface area (Å²) >= 11 is 1.03. The zero-order valence-corrected chi connectivity index (χ0v) is 11.5. The quantitative estimate of drug-likeness (QED) is 0.439. The molecule has 1 atom stereocenters. The maximum atomic E-state index is 2.29. The molecule has 1 heterocycles. The third kappa shape index (κ3) is 6.09. The van der Waals surface area contributed by atoms with Crippen molar-refractivity contribution in [1.82, 2.24) is 0 Å². The Balaban J connectivity index is 1.75. The van der Waals surface area contributed by atoms with Crippen LogP contribution < -0.4 is 0 Å². The molecule has 0 aromatic rings. The van der Waals surface area contributed by atoms with Crippen molar-refractivity contribution in [2.75, 3.05) is 0 Å². The fraction of sp³-hybridized carbons (Fsp3) is 1.00. The Bertz CT molecular complexity index is 116. The Morgan fingerprint density at radius 3 is 2.36 bits per heavy atom.